The normalized spacial score (nSPS) is 30.5. The van der Waals surface area contributed by atoms with Crippen LogP contribution in [-0.4, -0.2) is 277 Å². The van der Waals surface area contributed by atoms with Crippen molar-refractivity contribution in [3.05, 3.63) is 0 Å². The summed E-state index contributed by atoms with van der Waals surface area (Å²) < 4.78 is 48.3. The third kappa shape index (κ3) is 23.4. The van der Waals surface area contributed by atoms with E-state index in [1.54, 1.807) is 26.0 Å². The zero-order valence-electron chi connectivity index (χ0n) is 67.0. The fraction of sp³-hybridized carbons (Fsp3) is 0.848. The van der Waals surface area contributed by atoms with E-state index < -0.39 is 174 Å². The quantitative estimate of drug-likeness (QED) is 0.140. The van der Waals surface area contributed by atoms with Crippen molar-refractivity contribution in [1.29, 1.82) is 0 Å². The molecule has 7 fully saturated rings. The van der Waals surface area contributed by atoms with E-state index in [1.165, 1.54) is 78.7 Å². The third-order valence-electron chi connectivity index (χ3n) is 25.4. The highest BCUT2D eigenvalue weighted by atomic mass is 35.5. The zero-order chi connectivity index (χ0) is 79.6. The highest BCUT2D eigenvalue weighted by Crippen LogP contribution is 2.44. The number of hydrogen-bond donors (Lipinski definition) is 3. The first-order valence-electron chi connectivity index (χ1n) is 40.5. The molecule has 5 saturated carbocycles. The van der Waals surface area contributed by atoms with Gasteiger partial charge in [-0.15, -0.1) is 11.6 Å². The van der Waals surface area contributed by atoms with Gasteiger partial charge in [-0.05, 0) is 158 Å². The summed E-state index contributed by atoms with van der Waals surface area (Å²) in [7, 11) is 13.2. The van der Waals surface area contributed by atoms with Crippen LogP contribution < -0.4 is 16.0 Å². The number of ether oxygens (including phenoxy) is 1. The molecule has 2 heterocycles. The number of likely N-dealkylation sites (N-methyl/N-ethyl adjacent to an activating group) is 8. The van der Waals surface area contributed by atoms with Crippen molar-refractivity contribution in [3.63, 3.8) is 0 Å². The van der Waals surface area contributed by atoms with Gasteiger partial charge in [0, 0.05) is 82.0 Å². The fourth-order valence-electron chi connectivity index (χ4n) is 18.1. The number of piperidine rings is 1. The van der Waals surface area contributed by atoms with Crippen LogP contribution in [-0.2, 0) is 62.3 Å². The Labute approximate surface area is 645 Å². The summed E-state index contributed by atoms with van der Waals surface area (Å²) >= 11 is 6.48. The fourth-order valence-corrected chi connectivity index (χ4v) is 18.6. The van der Waals surface area contributed by atoms with Crippen molar-refractivity contribution >= 4 is 82.5 Å². The molecular formula is C79H130ClF3N12O13. The number of nitrogens with one attached hydrogen (secondary N) is 3. The molecule has 12 amide bonds. The molecule has 29 heteroatoms. The van der Waals surface area contributed by atoms with Gasteiger partial charge >= 0.3 is 6.18 Å². The van der Waals surface area contributed by atoms with Gasteiger partial charge in [0.05, 0.1) is 38.1 Å². The van der Waals surface area contributed by atoms with E-state index in [2.05, 4.69) is 16.0 Å². The first kappa shape index (κ1) is 88.9. The number of carbonyl (C=O) groups excluding carboxylic acids is 12. The molecule has 0 aromatic rings. The second-order valence-corrected chi connectivity index (χ2v) is 34.2. The molecule has 2 saturated heterocycles. The maximum absolute atomic E-state index is 16.1. The molecule has 3 N–H and O–H groups in total. The van der Waals surface area contributed by atoms with Crippen LogP contribution in [0.15, 0.2) is 0 Å². The number of hydrogen-bond acceptors (Lipinski definition) is 13. The van der Waals surface area contributed by atoms with Crippen molar-refractivity contribution in [2.24, 2.45) is 41.4 Å². The van der Waals surface area contributed by atoms with E-state index >= 15 is 33.6 Å². The van der Waals surface area contributed by atoms with Gasteiger partial charge in [-0.2, -0.15) is 13.2 Å². The maximum atomic E-state index is 16.1. The molecule has 25 nitrogen and oxygen atoms in total. The van der Waals surface area contributed by atoms with Crippen molar-refractivity contribution in [2.45, 2.75) is 292 Å². The molecule has 7 rings (SSSR count). The number of carbonyl (C=O) groups is 12. The van der Waals surface area contributed by atoms with Crippen LogP contribution in [0.3, 0.4) is 0 Å². The highest BCUT2D eigenvalue weighted by Gasteiger charge is 2.52. The first-order chi connectivity index (χ1) is 51.0. The molecule has 2 aliphatic heterocycles. The second-order valence-electron chi connectivity index (χ2n) is 33.6. The van der Waals surface area contributed by atoms with Gasteiger partial charge in [0.25, 0.3) is 0 Å². The van der Waals surface area contributed by atoms with Crippen LogP contribution in [0.5, 0.6) is 0 Å². The smallest absolute Gasteiger partial charge is 0.381 e. The Bertz CT molecular complexity index is 3080. The Morgan fingerprint density at radius 2 is 1.11 bits per heavy atom. The van der Waals surface area contributed by atoms with Crippen LogP contribution in [0.4, 0.5) is 13.2 Å². The lowest BCUT2D eigenvalue weighted by Gasteiger charge is -2.44. The summed E-state index contributed by atoms with van der Waals surface area (Å²) in [5.74, 6) is -10.8. The Morgan fingerprint density at radius 3 is 1.69 bits per heavy atom. The number of alkyl halides is 4. The molecule has 612 valence electrons. The minimum absolute atomic E-state index is 0.0145. The average Bonchev–Trinajstić information content (AvgIpc) is 1.45. The summed E-state index contributed by atoms with van der Waals surface area (Å²) in [5, 5.41) is 7.77. The van der Waals surface area contributed by atoms with Crippen LogP contribution in [0.1, 0.15) is 227 Å². The Balaban J connectivity index is 1.33. The lowest BCUT2D eigenvalue weighted by Crippen LogP contribution is -2.65. The third-order valence-corrected chi connectivity index (χ3v) is 25.9. The van der Waals surface area contributed by atoms with Crippen LogP contribution in [0.2, 0.25) is 0 Å². The van der Waals surface area contributed by atoms with E-state index in [9.17, 15) is 37.1 Å². The number of likely N-dealkylation sites (tertiary alicyclic amines) is 1. The number of nitrogens with zero attached hydrogens (tertiary/aromatic N) is 9. The molecule has 3 unspecified atom stereocenters. The van der Waals surface area contributed by atoms with Crippen molar-refractivity contribution in [2.75, 3.05) is 96.2 Å². The lowest BCUT2D eigenvalue weighted by atomic mass is 9.78. The van der Waals surface area contributed by atoms with Crippen molar-refractivity contribution in [1.82, 2.24) is 60.0 Å². The molecule has 11 atom stereocenters. The van der Waals surface area contributed by atoms with E-state index in [4.69, 9.17) is 16.3 Å². The summed E-state index contributed by atoms with van der Waals surface area (Å²) in [6.45, 7) is 6.48. The maximum Gasteiger partial charge on any atom is 0.393 e. The zero-order valence-corrected chi connectivity index (χ0v) is 67.8. The second kappa shape index (κ2) is 40.8. The van der Waals surface area contributed by atoms with Gasteiger partial charge < -0.3 is 64.8 Å². The van der Waals surface area contributed by atoms with Gasteiger partial charge in [-0.1, -0.05) is 98.3 Å². The van der Waals surface area contributed by atoms with E-state index in [1.807, 2.05) is 20.8 Å². The molecule has 7 aliphatic rings. The largest absolute Gasteiger partial charge is 0.393 e. The van der Waals surface area contributed by atoms with E-state index in [-0.39, 0.29) is 94.0 Å². The van der Waals surface area contributed by atoms with E-state index in [0.717, 1.165) is 67.6 Å². The summed E-state index contributed by atoms with van der Waals surface area (Å²) in [6, 6.07) is -8.78. The Morgan fingerprint density at radius 1 is 0.556 bits per heavy atom. The van der Waals surface area contributed by atoms with E-state index in [0.29, 0.717) is 83.7 Å². The minimum atomic E-state index is -4.52. The monoisotopic (exact) mass is 1550 g/mol. The molecule has 1 spiro atoms. The van der Waals surface area contributed by atoms with Gasteiger partial charge in [-0.3, -0.25) is 57.5 Å². The van der Waals surface area contributed by atoms with Crippen LogP contribution >= 0.6 is 11.6 Å². The Hall–Kier alpha value is -6.32. The van der Waals surface area contributed by atoms with Crippen LogP contribution in [0, 0.1) is 41.4 Å². The predicted octanol–water partition coefficient (Wildman–Crippen LogP) is 7.92. The SMILES string of the molecule is CC[C@H](C)[C@@H]1NC(=O)[C@H](CC(C)C)N(C)C(=O)C[C@@H](C(=O)N2CCCCC2)N(C)C(=O)[C@H](C2CCCCC2)N(C)C(=O)C2(CCCC2)NC(=O)[C@H](CC2CCC(OC)CC2)N(C)C(=O)[C@H](CCC2CCC(C(F)(F)F)C(Cl)C2)NC(=O)CN(C)C(=O)[C@H](CC2CCCCC2)N(C)C(=O)CN(C)C(=O)CN(C)C1=O. The summed E-state index contributed by atoms with van der Waals surface area (Å²) in [4.78, 5) is 194. The molecule has 5 aliphatic carbocycles. The number of halogens is 4. The highest BCUT2D eigenvalue weighted by molar-refractivity contribution is 6.21. The Kier molecular flexibility index (Phi) is 33.5. The van der Waals surface area contributed by atoms with Crippen molar-refractivity contribution < 1.29 is 75.4 Å². The van der Waals surface area contributed by atoms with Gasteiger partial charge in [0.15, 0.2) is 0 Å². The average molecular weight is 1550 g/mol. The minimum Gasteiger partial charge on any atom is -0.381 e. The van der Waals surface area contributed by atoms with Crippen molar-refractivity contribution in [3.8, 4) is 0 Å². The molecule has 0 aromatic carbocycles. The molecule has 0 bridgehead atoms. The summed E-state index contributed by atoms with van der Waals surface area (Å²) in [5.41, 5.74) is -1.61. The standard InChI is InChI=1S/C79H130ClF3N12O13/c1-14-51(4)68-75(105)89(7)48-66(98)87(5)49-67(99)91(9)62(45-52-26-18-15-19-27-52)73(103)88(6)47-64(96)84-59(37-33-53-32-36-57(58(80)43-53)79(81,82)83)72(102)92(10)61(44-54-30-34-56(108-13)35-31-54)71(101)86-78(38-22-23-39-78)77(107)94(12)69(55-28-20-16-21-29-55)76(106)93(11)63(74(104)95-40-24-17-25-41-95)46-65(97)90(8)60(42-50(2)3)70(100)85-68/h50-63,68-69H,14-49H2,1-13H3,(H,84,96)(H,85,100)(H,86,101)/t51-,53?,54?,56?,57?,58?,59-,60-,61-,62-,63-,68-,69-/m0/s1. The topological polar surface area (TPSA) is 279 Å². The first-order valence-corrected chi connectivity index (χ1v) is 41.0. The molecular weight excluding hydrogens is 1420 g/mol. The lowest BCUT2D eigenvalue weighted by molar-refractivity contribution is -0.182. The van der Waals surface area contributed by atoms with Gasteiger partial charge in [0.1, 0.15) is 47.8 Å². The number of methoxy groups -OCH3 is 1. The number of rotatable bonds is 14. The van der Waals surface area contributed by atoms with Gasteiger partial charge in [-0.25, -0.2) is 0 Å². The predicted molar refractivity (Wildman–Crippen MR) is 404 cm³/mol. The molecule has 0 radical (unpaired) electrons. The molecule has 0 aromatic heterocycles. The molecule has 108 heavy (non-hydrogen) atoms. The number of amides is 12. The van der Waals surface area contributed by atoms with Gasteiger partial charge in [0.2, 0.25) is 70.9 Å². The summed E-state index contributed by atoms with van der Waals surface area (Å²) in [6.07, 6.45) is 9.77. The van der Waals surface area contributed by atoms with Crippen LogP contribution in [0.25, 0.3) is 0 Å².